The molecule has 28 heavy (non-hydrogen) atoms. The second kappa shape index (κ2) is 7.78. The lowest BCUT2D eigenvalue weighted by atomic mass is 9.98. The second-order valence-corrected chi connectivity index (χ2v) is 6.68. The van der Waals surface area contributed by atoms with Crippen LogP contribution in [0.25, 0.3) is 11.0 Å². The number of carbonyl (C=O) groups excluding carboxylic acids is 1. The van der Waals surface area contributed by atoms with Gasteiger partial charge in [-0.3, -0.25) is 4.79 Å². The molecule has 2 heterocycles. The highest BCUT2D eigenvalue weighted by Gasteiger charge is 2.33. The van der Waals surface area contributed by atoms with Crippen molar-refractivity contribution < 1.29 is 9.21 Å². The summed E-state index contributed by atoms with van der Waals surface area (Å²) in [7, 11) is 0. The third-order valence-corrected chi connectivity index (χ3v) is 4.83. The van der Waals surface area contributed by atoms with Crippen LogP contribution in [0.3, 0.4) is 0 Å². The van der Waals surface area contributed by atoms with Crippen molar-refractivity contribution in [3.05, 3.63) is 82.2 Å². The molecule has 0 spiro atoms. The van der Waals surface area contributed by atoms with Crippen molar-refractivity contribution in [1.29, 1.82) is 0 Å². The molecule has 1 aromatic heterocycles. The number of nitrogens with zero attached hydrogens (tertiary/aromatic N) is 2. The molecule has 1 aliphatic rings. The molecule has 2 aromatic carbocycles. The molecule has 1 N–H and O–H groups in total. The quantitative estimate of drug-likeness (QED) is 0.696. The van der Waals surface area contributed by atoms with E-state index in [1.165, 1.54) is 5.01 Å². The molecular weight excluding hydrogens is 354 g/mol. The van der Waals surface area contributed by atoms with Crippen molar-refractivity contribution in [2.75, 3.05) is 13.1 Å². The van der Waals surface area contributed by atoms with Crippen LogP contribution in [0.2, 0.25) is 0 Å². The molecule has 6 nitrogen and oxygen atoms in total. The second-order valence-electron chi connectivity index (χ2n) is 6.68. The monoisotopic (exact) mass is 375 g/mol. The number of rotatable bonds is 5. The standard InChI is InChI=1S/C22H21N3O3/c1-2-23-14-21(26)25-19(15-8-4-3-5-9-15)13-18(24-25)17-12-16-10-6-7-11-20(16)28-22(17)27/h3-12,19,23H,2,13-14H2,1H3. The highest BCUT2D eigenvalue weighted by molar-refractivity contribution is 6.04. The number of para-hydroxylation sites is 1. The molecule has 0 aliphatic carbocycles. The highest BCUT2D eigenvalue weighted by atomic mass is 16.4. The van der Waals surface area contributed by atoms with E-state index in [-0.39, 0.29) is 18.5 Å². The number of hydrogen-bond donors (Lipinski definition) is 1. The summed E-state index contributed by atoms with van der Waals surface area (Å²) >= 11 is 0. The molecule has 0 saturated heterocycles. The third kappa shape index (κ3) is 3.46. The molecule has 0 bridgehead atoms. The summed E-state index contributed by atoms with van der Waals surface area (Å²) in [6.07, 6.45) is 0.463. The van der Waals surface area contributed by atoms with E-state index in [9.17, 15) is 9.59 Å². The normalized spacial score (nSPS) is 16.4. The number of hydrazone groups is 1. The van der Waals surface area contributed by atoms with Crippen LogP contribution < -0.4 is 10.9 Å². The number of benzene rings is 2. The van der Waals surface area contributed by atoms with Crippen molar-refractivity contribution >= 4 is 22.6 Å². The molecule has 142 valence electrons. The lowest BCUT2D eigenvalue weighted by molar-refractivity contribution is -0.132. The summed E-state index contributed by atoms with van der Waals surface area (Å²) in [5.74, 6) is -0.129. The molecule has 1 aliphatic heterocycles. The van der Waals surface area contributed by atoms with E-state index in [1.54, 1.807) is 12.1 Å². The first-order valence-electron chi connectivity index (χ1n) is 9.36. The van der Waals surface area contributed by atoms with Gasteiger partial charge in [0.25, 0.3) is 5.91 Å². The number of likely N-dealkylation sites (N-methyl/N-ethyl adjacent to an activating group) is 1. The van der Waals surface area contributed by atoms with Crippen LogP contribution in [0.1, 0.15) is 30.5 Å². The Labute approximate surface area is 162 Å². The number of amides is 1. The topological polar surface area (TPSA) is 74.9 Å². The van der Waals surface area contributed by atoms with Gasteiger partial charge in [-0.2, -0.15) is 5.10 Å². The zero-order valence-corrected chi connectivity index (χ0v) is 15.6. The minimum Gasteiger partial charge on any atom is -0.422 e. The Balaban J connectivity index is 1.74. The van der Waals surface area contributed by atoms with Crippen LogP contribution in [0.4, 0.5) is 0 Å². The lowest BCUT2D eigenvalue weighted by Gasteiger charge is -2.22. The molecular formula is C22H21N3O3. The van der Waals surface area contributed by atoms with E-state index in [1.807, 2.05) is 55.5 Å². The fourth-order valence-electron chi connectivity index (χ4n) is 3.41. The third-order valence-electron chi connectivity index (χ3n) is 4.83. The van der Waals surface area contributed by atoms with Crippen LogP contribution >= 0.6 is 0 Å². The van der Waals surface area contributed by atoms with Crippen molar-refractivity contribution in [2.24, 2.45) is 5.10 Å². The number of carbonyl (C=O) groups is 1. The van der Waals surface area contributed by atoms with Gasteiger partial charge in [-0.25, -0.2) is 9.80 Å². The van der Waals surface area contributed by atoms with Gasteiger partial charge in [0.2, 0.25) is 0 Å². The van der Waals surface area contributed by atoms with E-state index in [0.717, 1.165) is 10.9 Å². The Morgan fingerprint density at radius 1 is 1.18 bits per heavy atom. The molecule has 0 fully saturated rings. The first-order valence-corrected chi connectivity index (χ1v) is 9.36. The molecule has 1 amide bonds. The maximum Gasteiger partial charge on any atom is 0.345 e. The summed E-state index contributed by atoms with van der Waals surface area (Å²) in [6.45, 7) is 2.84. The Bertz CT molecular complexity index is 1090. The van der Waals surface area contributed by atoms with Crippen molar-refractivity contribution in [2.45, 2.75) is 19.4 Å². The average molecular weight is 375 g/mol. The number of hydrogen-bond acceptors (Lipinski definition) is 5. The van der Waals surface area contributed by atoms with Gasteiger partial charge < -0.3 is 9.73 Å². The van der Waals surface area contributed by atoms with Gasteiger partial charge in [-0.15, -0.1) is 0 Å². The fraction of sp³-hybridized carbons (Fsp3) is 0.227. The summed E-state index contributed by atoms with van der Waals surface area (Å²) in [5.41, 5.74) is 2.05. The Kier molecular flexibility index (Phi) is 5.04. The van der Waals surface area contributed by atoms with Crippen molar-refractivity contribution in [3.63, 3.8) is 0 Å². The van der Waals surface area contributed by atoms with Gasteiger partial charge in [0, 0.05) is 11.8 Å². The Morgan fingerprint density at radius 3 is 2.71 bits per heavy atom. The smallest absolute Gasteiger partial charge is 0.345 e. The van der Waals surface area contributed by atoms with E-state index in [4.69, 9.17) is 4.42 Å². The van der Waals surface area contributed by atoms with Gasteiger partial charge in [-0.05, 0) is 24.2 Å². The van der Waals surface area contributed by atoms with E-state index < -0.39 is 5.63 Å². The SMILES string of the molecule is CCNCC(=O)N1N=C(c2cc3ccccc3oc2=O)CC1c1ccccc1. The zero-order valence-electron chi connectivity index (χ0n) is 15.6. The molecule has 0 saturated carbocycles. The first kappa shape index (κ1) is 18.1. The average Bonchev–Trinajstić information content (AvgIpc) is 3.17. The van der Waals surface area contributed by atoms with Gasteiger partial charge in [0.1, 0.15) is 5.58 Å². The van der Waals surface area contributed by atoms with Crippen LogP contribution in [-0.4, -0.2) is 29.7 Å². The molecule has 3 aromatic rings. The maximum atomic E-state index is 12.7. The van der Waals surface area contributed by atoms with Gasteiger partial charge in [0.05, 0.1) is 23.9 Å². The minimum atomic E-state index is -0.440. The van der Waals surface area contributed by atoms with Gasteiger partial charge in [0.15, 0.2) is 0 Å². The molecule has 4 rings (SSSR count). The predicted octanol–water partition coefficient (Wildman–Crippen LogP) is 3.08. The minimum absolute atomic E-state index is 0.129. The van der Waals surface area contributed by atoms with E-state index in [0.29, 0.717) is 29.8 Å². The van der Waals surface area contributed by atoms with Crippen LogP contribution in [0.5, 0.6) is 0 Å². The van der Waals surface area contributed by atoms with E-state index >= 15 is 0 Å². The highest BCUT2D eigenvalue weighted by Crippen LogP contribution is 2.32. The summed E-state index contributed by atoms with van der Waals surface area (Å²) in [6, 6.07) is 18.7. The predicted molar refractivity (Wildman–Crippen MR) is 108 cm³/mol. The van der Waals surface area contributed by atoms with Gasteiger partial charge >= 0.3 is 5.63 Å². The van der Waals surface area contributed by atoms with Crippen LogP contribution in [-0.2, 0) is 4.79 Å². The Morgan fingerprint density at radius 2 is 1.93 bits per heavy atom. The van der Waals surface area contributed by atoms with Crippen LogP contribution in [0.15, 0.2) is 75.0 Å². The molecule has 1 atom stereocenters. The lowest BCUT2D eigenvalue weighted by Crippen LogP contribution is -2.35. The Hall–Kier alpha value is -3.25. The molecule has 6 heteroatoms. The maximum absolute atomic E-state index is 12.7. The molecule has 1 unspecified atom stereocenters. The van der Waals surface area contributed by atoms with Crippen molar-refractivity contribution in [1.82, 2.24) is 10.3 Å². The first-order chi connectivity index (χ1) is 13.7. The van der Waals surface area contributed by atoms with Gasteiger partial charge in [-0.1, -0.05) is 55.5 Å². The summed E-state index contributed by atoms with van der Waals surface area (Å²) in [5, 5.41) is 9.90. The summed E-state index contributed by atoms with van der Waals surface area (Å²) in [4.78, 5) is 25.3. The zero-order chi connectivity index (χ0) is 19.5. The summed E-state index contributed by atoms with van der Waals surface area (Å²) < 4.78 is 5.45. The molecule has 0 radical (unpaired) electrons. The number of nitrogens with one attached hydrogen (secondary N) is 1. The van der Waals surface area contributed by atoms with Crippen LogP contribution in [0, 0.1) is 0 Å². The largest absolute Gasteiger partial charge is 0.422 e. The fourth-order valence-corrected chi connectivity index (χ4v) is 3.41. The number of fused-ring (bicyclic) bond motifs is 1. The van der Waals surface area contributed by atoms with E-state index in [2.05, 4.69) is 10.4 Å². The van der Waals surface area contributed by atoms with Crippen molar-refractivity contribution in [3.8, 4) is 0 Å².